The average Bonchev–Trinajstić information content (AvgIpc) is 2.41. The lowest BCUT2D eigenvalue weighted by Crippen LogP contribution is -2.39. The SMILES string of the molecule is CCOc1ccc(NC(=O)C(N)COC)cc1OC.Cl. The fourth-order valence-corrected chi connectivity index (χ4v) is 1.51. The van der Waals surface area contributed by atoms with Gasteiger partial charge in [0.25, 0.3) is 0 Å². The minimum absolute atomic E-state index is 0. The number of benzene rings is 1. The van der Waals surface area contributed by atoms with E-state index in [0.29, 0.717) is 23.8 Å². The quantitative estimate of drug-likeness (QED) is 0.796. The summed E-state index contributed by atoms with van der Waals surface area (Å²) in [6.07, 6.45) is 0. The second kappa shape index (κ2) is 9.41. The lowest BCUT2D eigenvalue weighted by molar-refractivity contribution is -0.118. The van der Waals surface area contributed by atoms with Gasteiger partial charge in [-0.05, 0) is 19.1 Å². The maximum absolute atomic E-state index is 11.7. The molecule has 0 bridgehead atoms. The van der Waals surface area contributed by atoms with Crippen molar-refractivity contribution in [2.75, 3.05) is 32.8 Å². The van der Waals surface area contributed by atoms with Gasteiger partial charge in [-0.3, -0.25) is 4.79 Å². The third kappa shape index (κ3) is 5.24. The van der Waals surface area contributed by atoms with Crippen LogP contribution in [0.3, 0.4) is 0 Å². The molecule has 3 N–H and O–H groups in total. The van der Waals surface area contributed by atoms with Crippen LogP contribution in [0.1, 0.15) is 6.92 Å². The topological polar surface area (TPSA) is 82.8 Å². The number of carbonyl (C=O) groups is 1. The molecule has 0 saturated heterocycles. The smallest absolute Gasteiger partial charge is 0.243 e. The molecule has 0 aliphatic rings. The van der Waals surface area contributed by atoms with Crippen LogP contribution >= 0.6 is 12.4 Å². The molecule has 1 amide bonds. The van der Waals surface area contributed by atoms with E-state index in [2.05, 4.69) is 5.32 Å². The van der Waals surface area contributed by atoms with E-state index in [1.807, 2.05) is 6.92 Å². The number of rotatable bonds is 7. The second-order valence-electron chi connectivity index (χ2n) is 3.85. The van der Waals surface area contributed by atoms with Gasteiger partial charge in [0.05, 0.1) is 20.3 Å². The number of anilines is 1. The van der Waals surface area contributed by atoms with E-state index in [1.54, 1.807) is 25.3 Å². The number of hydrogen-bond acceptors (Lipinski definition) is 5. The van der Waals surface area contributed by atoms with E-state index in [4.69, 9.17) is 19.9 Å². The molecule has 1 rings (SSSR count). The van der Waals surface area contributed by atoms with Crippen LogP contribution in [-0.2, 0) is 9.53 Å². The van der Waals surface area contributed by atoms with Gasteiger partial charge in [0.15, 0.2) is 11.5 Å². The fraction of sp³-hybridized carbons (Fsp3) is 0.462. The Hall–Kier alpha value is -1.50. The first kappa shape index (κ1) is 18.5. The van der Waals surface area contributed by atoms with Gasteiger partial charge in [0.2, 0.25) is 5.91 Å². The van der Waals surface area contributed by atoms with Gasteiger partial charge in [-0.15, -0.1) is 12.4 Å². The van der Waals surface area contributed by atoms with E-state index < -0.39 is 6.04 Å². The number of nitrogens with one attached hydrogen (secondary N) is 1. The van der Waals surface area contributed by atoms with Crippen LogP contribution in [0.5, 0.6) is 11.5 Å². The summed E-state index contributed by atoms with van der Waals surface area (Å²) in [6.45, 7) is 2.60. The summed E-state index contributed by atoms with van der Waals surface area (Å²) in [5.74, 6) is 0.872. The molecule has 114 valence electrons. The van der Waals surface area contributed by atoms with Crippen molar-refractivity contribution < 1.29 is 19.0 Å². The molecule has 0 spiro atoms. The molecule has 0 heterocycles. The fourth-order valence-electron chi connectivity index (χ4n) is 1.51. The van der Waals surface area contributed by atoms with Crippen molar-refractivity contribution in [3.8, 4) is 11.5 Å². The van der Waals surface area contributed by atoms with Crippen LogP contribution in [0.15, 0.2) is 18.2 Å². The Bertz CT molecular complexity index is 429. The normalized spacial score (nSPS) is 11.2. The molecule has 0 aromatic heterocycles. The Morgan fingerprint density at radius 1 is 1.35 bits per heavy atom. The second-order valence-corrected chi connectivity index (χ2v) is 3.85. The van der Waals surface area contributed by atoms with Gasteiger partial charge in [0, 0.05) is 18.9 Å². The molecular formula is C13H21ClN2O4. The maximum atomic E-state index is 11.7. The zero-order valence-corrected chi connectivity index (χ0v) is 12.7. The molecule has 0 aliphatic heterocycles. The zero-order valence-electron chi connectivity index (χ0n) is 11.8. The van der Waals surface area contributed by atoms with Gasteiger partial charge in [-0.25, -0.2) is 0 Å². The van der Waals surface area contributed by atoms with Gasteiger partial charge in [-0.1, -0.05) is 0 Å². The lowest BCUT2D eigenvalue weighted by atomic mass is 10.2. The number of halogens is 1. The molecule has 0 aliphatic carbocycles. The van der Waals surface area contributed by atoms with Crippen LogP contribution < -0.4 is 20.5 Å². The summed E-state index contributed by atoms with van der Waals surface area (Å²) in [6, 6.07) is 4.44. The van der Waals surface area contributed by atoms with Crippen LogP contribution in [0.4, 0.5) is 5.69 Å². The highest BCUT2D eigenvalue weighted by molar-refractivity contribution is 5.95. The van der Waals surface area contributed by atoms with Crippen LogP contribution in [-0.4, -0.2) is 39.4 Å². The molecular weight excluding hydrogens is 284 g/mol. The Morgan fingerprint density at radius 2 is 2.05 bits per heavy atom. The van der Waals surface area contributed by atoms with E-state index in [0.717, 1.165) is 0 Å². The van der Waals surface area contributed by atoms with Gasteiger partial charge in [0.1, 0.15) is 6.04 Å². The number of methoxy groups -OCH3 is 2. The summed E-state index contributed by atoms with van der Waals surface area (Å²) < 4.78 is 15.4. The number of hydrogen-bond donors (Lipinski definition) is 2. The average molecular weight is 305 g/mol. The van der Waals surface area contributed by atoms with Crippen molar-refractivity contribution in [1.82, 2.24) is 0 Å². The highest BCUT2D eigenvalue weighted by Crippen LogP contribution is 2.30. The lowest BCUT2D eigenvalue weighted by Gasteiger charge is -2.14. The zero-order chi connectivity index (χ0) is 14.3. The van der Waals surface area contributed by atoms with E-state index in [-0.39, 0.29) is 24.9 Å². The Morgan fingerprint density at radius 3 is 2.60 bits per heavy atom. The van der Waals surface area contributed by atoms with Crippen molar-refractivity contribution in [3.63, 3.8) is 0 Å². The van der Waals surface area contributed by atoms with E-state index >= 15 is 0 Å². The molecule has 1 aromatic rings. The number of amides is 1. The van der Waals surface area contributed by atoms with Crippen molar-refractivity contribution >= 4 is 24.0 Å². The molecule has 1 aromatic carbocycles. The Balaban J connectivity index is 0.00000361. The minimum Gasteiger partial charge on any atom is -0.493 e. The molecule has 0 fully saturated rings. The van der Waals surface area contributed by atoms with Crippen LogP contribution in [0, 0.1) is 0 Å². The molecule has 0 radical (unpaired) electrons. The molecule has 0 saturated carbocycles. The van der Waals surface area contributed by atoms with Gasteiger partial charge in [-0.2, -0.15) is 0 Å². The van der Waals surface area contributed by atoms with E-state index in [9.17, 15) is 4.79 Å². The first-order valence-corrected chi connectivity index (χ1v) is 5.98. The molecule has 1 unspecified atom stereocenters. The number of carbonyl (C=O) groups excluding carboxylic acids is 1. The maximum Gasteiger partial charge on any atom is 0.243 e. The van der Waals surface area contributed by atoms with Crippen molar-refractivity contribution in [2.24, 2.45) is 5.73 Å². The highest BCUT2D eigenvalue weighted by atomic mass is 35.5. The monoisotopic (exact) mass is 304 g/mol. The summed E-state index contributed by atoms with van der Waals surface area (Å²) in [4.78, 5) is 11.7. The van der Waals surface area contributed by atoms with Crippen LogP contribution in [0.25, 0.3) is 0 Å². The summed E-state index contributed by atoms with van der Waals surface area (Å²) in [5.41, 5.74) is 6.23. The number of nitrogens with two attached hydrogens (primary N) is 1. The Labute approximate surface area is 125 Å². The van der Waals surface area contributed by atoms with Gasteiger partial charge < -0.3 is 25.3 Å². The van der Waals surface area contributed by atoms with Crippen molar-refractivity contribution in [2.45, 2.75) is 13.0 Å². The van der Waals surface area contributed by atoms with Crippen molar-refractivity contribution in [3.05, 3.63) is 18.2 Å². The molecule has 20 heavy (non-hydrogen) atoms. The van der Waals surface area contributed by atoms with E-state index in [1.165, 1.54) is 7.11 Å². The molecule has 1 atom stereocenters. The standard InChI is InChI=1S/C13H20N2O4.ClH/c1-4-19-11-6-5-9(7-12(11)18-3)15-13(16)10(14)8-17-2;/h5-7,10H,4,8,14H2,1-3H3,(H,15,16);1H. The minimum atomic E-state index is -0.706. The Kier molecular flexibility index (Phi) is 8.71. The molecule has 6 nitrogen and oxygen atoms in total. The largest absolute Gasteiger partial charge is 0.493 e. The summed E-state index contributed by atoms with van der Waals surface area (Å²) in [7, 11) is 3.03. The third-order valence-electron chi connectivity index (χ3n) is 2.41. The number of ether oxygens (including phenoxy) is 3. The predicted molar refractivity (Wildman–Crippen MR) is 79.9 cm³/mol. The van der Waals surface area contributed by atoms with Crippen molar-refractivity contribution in [1.29, 1.82) is 0 Å². The summed E-state index contributed by atoms with van der Waals surface area (Å²) in [5, 5.41) is 2.69. The van der Waals surface area contributed by atoms with Crippen LogP contribution in [0.2, 0.25) is 0 Å². The third-order valence-corrected chi connectivity index (χ3v) is 2.41. The highest BCUT2D eigenvalue weighted by Gasteiger charge is 2.14. The first-order valence-electron chi connectivity index (χ1n) is 5.98. The first-order chi connectivity index (χ1) is 9.12. The molecule has 7 heteroatoms. The van der Waals surface area contributed by atoms with Gasteiger partial charge >= 0.3 is 0 Å². The summed E-state index contributed by atoms with van der Waals surface area (Å²) >= 11 is 0. The predicted octanol–water partition coefficient (Wildman–Crippen LogP) is 1.43.